The zero-order valence-corrected chi connectivity index (χ0v) is 24.0. The topological polar surface area (TPSA) is 6.48 Å². The van der Waals surface area contributed by atoms with E-state index >= 15 is 0 Å². The fraction of sp³-hybridized carbons (Fsp3) is 0.500. The molecule has 1 aliphatic heterocycles. The van der Waals surface area contributed by atoms with Crippen LogP contribution in [-0.2, 0) is 0 Å². The van der Waals surface area contributed by atoms with E-state index in [9.17, 15) is 0 Å². The van der Waals surface area contributed by atoms with Crippen molar-refractivity contribution in [1.82, 2.24) is 0 Å². The van der Waals surface area contributed by atoms with E-state index in [1.807, 2.05) is 0 Å². The van der Waals surface area contributed by atoms with Gasteiger partial charge >= 0.3 is 0 Å². The molecule has 0 N–H and O–H groups in total. The summed E-state index contributed by atoms with van der Waals surface area (Å²) in [5.41, 5.74) is 11.2. The van der Waals surface area contributed by atoms with Gasteiger partial charge in [0.1, 0.15) is 0 Å². The van der Waals surface area contributed by atoms with Crippen molar-refractivity contribution in [3.8, 4) is 0 Å². The number of hydrogen-bond donors (Lipinski definition) is 0. The molecule has 0 fully saturated rings. The van der Waals surface area contributed by atoms with E-state index in [0.29, 0.717) is 23.7 Å². The molecular formula is C28H40BrN2P. The molecule has 1 heterocycles. The van der Waals surface area contributed by atoms with Crippen LogP contribution < -0.4 is 9.34 Å². The Morgan fingerprint density at radius 2 is 0.812 bits per heavy atom. The molecule has 2 aromatic carbocycles. The van der Waals surface area contributed by atoms with E-state index in [-0.39, 0.29) is 0 Å². The Morgan fingerprint density at radius 1 is 0.562 bits per heavy atom. The van der Waals surface area contributed by atoms with Crippen molar-refractivity contribution < 1.29 is 0 Å². The van der Waals surface area contributed by atoms with E-state index in [4.69, 9.17) is 0 Å². The van der Waals surface area contributed by atoms with Crippen LogP contribution >= 0.6 is 22.4 Å². The van der Waals surface area contributed by atoms with Gasteiger partial charge in [-0.3, -0.25) is 9.34 Å². The molecule has 3 rings (SSSR count). The van der Waals surface area contributed by atoms with Gasteiger partial charge in [0, 0.05) is 11.4 Å². The molecule has 0 unspecified atom stereocenters. The van der Waals surface area contributed by atoms with Gasteiger partial charge < -0.3 is 0 Å². The van der Waals surface area contributed by atoms with Gasteiger partial charge in [-0.15, -0.1) is 0 Å². The molecule has 174 valence electrons. The van der Waals surface area contributed by atoms with Crippen LogP contribution in [0, 0.1) is 0 Å². The first-order valence-corrected chi connectivity index (χ1v) is 15.2. The van der Waals surface area contributed by atoms with Gasteiger partial charge in [0.15, 0.2) is 6.93 Å². The van der Waals surface area contributed by atoms with Crippen LogP contribution in [0.4, 0.5) is 11.4 Å². The number of nitrogens with zero attached hydrogens (tertiary/aromatic N) is 2. The maximum absolute atomic E-state index is 4.23. The molecule has 0 spiro atoms. The summed E-state index contributed by atoms with van der Waals surface area (Å²) in [4.78, 5) is 0. The lowest BCUT2D eigenvalue weighted by atomic mass is 9.92. The molecule has 0 amide bonds. The second-order valence-corrected chi connectivity index (χ2v) is 13.4. The molecule has 4 heteroatoms. The summed E-state index contributed by atoms with van der Waals surface area (Å²) in [7, 11) is 0. The Morgan fingerprint density at radius 3 is 1.03 bits per heavy atom. The lowest BCUT2D eigenvalue weighted by Gasteiger charge is -2.35. The van der Waals surface area contributed by atoms with Crippen molar-refractivity contribution in [3.05, 3.63) is 70.0 Å². The number of allylic oxidation sites excluding steroid dienone is 2. The average Bonchev–Trinajstić information content (AvgIpc) is 2.94. The fourth-order valence-electron chi connectivity index (χ4n) is 4.66. The van der Waals surface area contributed by atoms with E-state index in [1.54, 1.807) is 0 Å². The van der Waals surface area contributed by atoms with E-state index in [0.717, 1.165) is 0 Å². The quantitative estimate of drug-likeness (QED) is 0.353. The molecule has 0 atom stereocenters. The third kappa shape index (κ3) is 4.40. The number of benzene rings is 2. The normalized spacial score (nSPS) is 15.5. The summed E-state index contributed by atoms with van der Waals surface area (Å²) < 4.78 is 5.19. The number of rotatable bonds is 6. The van der Waals surface area contributed by atoms with Crippen LogP contribution in [0.15, 0.2) is 47.8 Å². The zero-order chi connectivity index (χ0) is 23.9. The standard InChI is InChI=1S/C28H40BrN2P/c1-17(2)23-13-11-14-24(18(3)4)27(23)30-21(9)22(10)31(32(30)29)28-25(19(5)6)15-12-16-26(28)20(7)8/h11-20H,1-10H3. The van der Waals surface area contributed by atoms with E-state index < -0.39 is 6.93 Å². The highest BCUT2D eigenvalue weighted by Gasteiger charge is 2.39. The summed E-state index contributed by atoms with van der Waals surface area (Å²) in [6.45, 7) is 22.3. The minimum atomic E-state index is -0.782. The first-order chi connectivity index (χ1) is 15.0. The number of para-hydroxylation sites is 2. The van der Waals surface area contributed by atoms with Crippen LogP contribution in [-0.4, -0.2) is 0 Å². The summed E-state index contributed by atoms with van der Waals surface area (Å²) >= 11 is 4.23. The van der Waals surface area contributed by atoms with Crippen molar-refractivity contribution in [1.29, 1.82) is 0 Å². The van der Waals surface area contributed by atoms with Crippen LogP contribution in [0.2, 0.25) is 0 Å². The molecule has 0 saturated carbocycles. The van der Waals surface area contributed by atoms with Gasteiger partial charge in [-0.05, 0) is 75.3 Å². The second kappa shape index (κ2) is 9.90. The maximum Gasteiger partial charge on any atom is 0.178 e. The monoisotopic (exact) mass is 514 g/mol. The number of anilines is 2. The minimum absolute atomic E-state index is 0.468. The Kier molecular flexibility index (Phi) is 7.83. The highest BCUT2D eigenvalue weighted by Crippen LogP contribution is 2.66. The first kappa shape index (κ1) is 25.3. The van der Waals surface area contributed by atoms with Gasteiger partial charge in [0.25, 0.3) is 0 Å². The van der Waals surface area contributed by atoms with Crippen LogP contribution in [0.1, 0.15) is 115 Å². The van der Waals surface area contributed by atoms with Gasteiger partial charge in [-0.1, -0.05) is 91.8 Å². The van der Waals surface area contributed by atoms with Crippen LogP contribution in [0.5, 0.6) is 0 Å². The lowest BCUT2D eigenvalue weighted by Crippen LogP contribution is -2.19. The number of hydrogen-bond acceptors (Lipinski definition) is 2. The molecule has 2 aromatic rings. The minimum Gasteiger partial charge on any atom is -0.295 e. The average molecular weight is 516 g/mol. The van der Waals surface area contributed by atoms with Crippen LogP contribution in [0.3, 0.4) is 0 Å². The van der Waals surface area contributed by atoms with E-state index in [1.165, 1.54) is 45.0 Å². The second-order valence-electron chi connectivity index (χ2n) is 10.2. The van der Waals surface area contributed by atoms with Gasteiger partial charge in [-0.25, -0.2) is 0 Å². The SMILES string of the molecule is CC1=C(C)N(c2c(C(C)C)cccc2C(C)C)P(Br)N1c1c(C(C)C)cccc1C(C)C. The van der Waals surface area contributed by atoms with Gasteiger partial charge in [0.2, 0.25) is 0 Å². The van der Waals surface area contributed by atoms with Crippen molar-refractivity contribution in [2.45, 2.75) is 92.9 Å². The fourth-order valence-corrected chi connectivity index (χ4v) is 8.79. The van der Waals surface area contributed by atoms with Gasteiger partial charge in [-0.2, -0.15) is 0 Å². The Labute approximate surface area is 205 Å². The molecule has 0 aliphatic carbocycles. The van der Waals surface area contributed by atoms with Crippen LogP contribution in [0.25, 0.3) is 0 Å². The zero-order valence-electron chi connectivity index (χ0n) is 21.5. The lowest BCUT2D eigenvalue weighted by molar-refractivity contribution is 0.831. The molecule has 0 radical (unpaired) electrons. The molecule has 0 bridgehead atoms. The third-order valence-electron chi connectivity index (χ3n) is 6.60. The van der Waals surface area contributed by atoms with Crippen molar-refractivity contribution in [2.75, 3.05) is 9.34 Å². The Bertz CT molecular complexity index is 874. The van der Waals surface area contributed by atoms with Crippen molar-refractivity contribution >= 4 is 33.8 Å². The molecule has 32 heavy (non-hydrogen) atoms. The molecule has 0 saturated heterocycles. The molecule has 1 aliphatic rings. The highest BCUT2D eigenvalue weighted by molar-refractivity contribution is 9.39. The molecule has 0 aromatic heterocycles. The first-order valence-electron chi connectivity index (χ1n) is 12.0. The predicted molar refractivity (Wildman–Crippen MR) is 148 cm³/mol. The van der Waals surface area contributed by atoms with Crippen molar-refractivity contribution in [3.63, 3.8) is 0 Å². The Balaban J connectivity index is 2.27. The largest absolute Gasteiger partial charge is 0.295 e. The number of halogens is 1. The Hall–Kier alpha value is -1.31. The summed E-state index contributed by atoms with van der Waals surface area (Å²) in [6, 6.07) is 13.7. The van der Waals surface area contributed by atoms with E-state index in [2.05, 4.69) is 130 Å². The summed E-state index contributed by atoms with van der Waals surface area (Å²) in [6.07, 6.45) is 0. The third-order valence-corrected chi connectivity index (χ3v) is 10.2. The molecular weight excluding hydrogens is 475 g/mol. The smallest absolute Gasteiger partial charge is 0.178 e. The predicted octanol–water partition coefficient (Wildman–Crippen LogP) is 10.4. The summed E-state index contributed by atoms with van der Waals surface area (Å²) in [5.74, 6) is 1.87. The van der Waals surface area contributed by atoms with Gasteiger partial charge in [0.05, 0.1) is 11.4 Å². The maximum atomic E-state index is 4.23. The molecule has 2 nitrogen and oxygen atoms in total. The summed E-state index contributed by atoms with van der Waals surface area (Å²) in [5, 5.41) is 0. The highest BCUT2D eigenvalue weighted by atomic mass is 79.9. The van der Waals surface area contributed by atoms with Crippen molar-refractivity contribution in [2.24, 2.45) is 0 Å².